The number of rotatable bonds is 6. The maximum absolute atomic E-state index is 11.8. The number of piperidine rings is 2. The first-order chi connectivity index (χ1) is 12.6. The van der Waals surface area contributed by atoms with E-state index >= 15 is 0 Å². The molecule has 2 aliphatic rings. The van der Waals surface area contributed by atoms with Crippen molar-refractivity contribution < 1.29 is 19.1 Å². The zero-order chi connectivity index (χ0) is 18.5. The third kappa shape index (κ3) is 4.34. The predicted molar refractivity (Wildman–Crippen MR) is 99.0 cm³/mol. The zero-order valence-electron chi connectivity index (χ0n) is 15.4. The minimum absolute atomic E-state index is 0.128. The number of nitrogens with zero attached hydrogens (tertiary/aromatic N) is 1. The minimum atomic E-state index is -0.352. The van der Waals surface area contributed by atoms with Crippen LogP contribution in [0.25, 0.3) is 0 Å². The van der Waals surface area contributed by atoms with E-state index < -0.39 is 0 Å². The summed E-state index contributed by atoms with van der Waals surface area (Å²) < 4.78 is 10.8. The highest BCUT2D eigenvalue weighted by atomic mass is 16.7. The van der Waals surface area contributed by atoms with E-state index in [0.717, 1.165) is 31.6 Å². The van der Waals surface area contributed by atoms with Gasteiger partial charge >= 0.3 is 0 Å². The largest absolute Gasteiger partial charge is 0.374 e. The molecule has 1 aromatic rings. The molecule has 0 aromatic heterocycles. The molecule has 7 nitrogen and oxygen atoms in total. The lowest BCUT2D eigenvalue weighted by molar-refractivity contribution is -0.141. The molecule has 2 amide bonds. The van der Waals surface area contributed by atoms with Crippen LogP contribution >= 0.6 is 0 Å². The Bertz CT molecular complexity index is 622. The van der Waals surface area contributed by atoms with Gasteiger partial charge < -0.3 is 19.7 Å². The van der Waals surface area contributed by atoms with E-state index in [1.54, 1.807) is 14.2 Å². The minimum Gasteiger partial charge on any atom is -0.374 e. The van der Waals surface area contributed by atoms with Crippen LogP contribution in [-0.4, -0.2) is 51.5 Å². The van der Waals surface area contributed by atoms with Gasteiger partial charge in [0.2, 0.25) is 11.8 Å². The molecule has 0 aliphatic carbocycles. The first-order valence-electron chi connectivity index (χ1n) is 9.11. The summed E-state index contributed by atoms with van der Waals surface area (Å²) >= 11 is 0. The Morgan fingerprint density at radius 2 is 1.73 bits per heavy atom. The van der Waals surface area contributed by atoms with E-state index in [2.05, 4.69) is 27.7 Å². The Morgan fingerprint density at radius 1 is 1.08 bits per heavy atom. The Balaban J connectivity index is 1.53. The molecule has 2 saturated heterocycles. The molecule has 142 valence electrons. The smallest absolute Gasteiger partial charge is 0.249 e. The standard InChI is InChI=1S/C19H27N3O4/c1-25-19(26-2)13-9-11-22(12-10-13)15-5-3-14(4-6-15)20-16-7-8-17(23)21-18(16)24/h3-6,13,16,19-20H,7-12H2,1-2H3,(H,21,23,24). The molecular formula is C19H27N3O4. The fourth-order valence-corrected chi connectivity index (χ4v) is 3.71. The van der Waals surface area contributed by atoms with E-state index in [1.165, 1.54) is 5.69 Å². The van der Waals surface area contributed by atoms with Gasteiger partial charge in [0.15, 0.2) is 6.29 Å². The summed E-state index contributed by atoms with van der Waals surface area (Å²) in [5.74, 6) is -0.0241. The van der Waals surface area contributed by atoms with E-state index in [9.17, 15) is 9.59 Å². The number of benzene rings is 1. The second-order valence-electron chi connectivity index (χ2n) is 6.86. The summed E-state index contributed by atoms with van der Waals surface area (Å²) in [6.45, 7) is 1.93. The van der Waals surface area contributed by atoms with E-state index in [0.29, 0.717) is 18.8 Å². The van der Waals surface area contributed by atoms with E-state index in [4.69, 9.17) is 9.47 Å². The molecule has 2 heterocycles. The Kier molecular flexibility index (Phi) is 6.11. The van der Waals surface area contributed by atoms with Crippen LogP contribution in [0.3, 0.4) is 0 Å². The lowest BCUT2D eigenvalue weighted by Gasteiger charge is -2.36. The normalized spacial score (nSPS) is 21.8. The highest BCUT2D eigenvalue weighted by molar-refractivity contribution is 6.01. The van der Waals surface area contributed by atoms with Crippen molar-refractivity contribution in [3.05, 3.63) is 24.3 Å². The van der Waals surface area contributed by atoms with Gasteiger partial charge in [0.1, 0.15) is 6.04 Å². The van der Waals surface area contributed by atoms with E-state index in [1.807, 2.05) is 12.1 Å². The summed E-state index contributed by atoms with van der Waals surface area (Å²) in [6, 6.07) is 7.75. The number of hydrogen-bond acceptors (Lipinski definition) is 6. The Hall–Kier alpha value is -2.12. The predicted octanol–water partition coefficient (Wildman–Crippen LogP) is 1.74. The molecule has 2 fully saturated rings. The lowest BCUT2D eigenvalue weighted by Crippen LogP contribution is -2.47. The highest BCUT2D eigenvalue weighted by Crippen LogP contribution is 2.27. The Labute approximate surface area is 154 Å². The zero-order valence-corrected chi connectivity index (χ0v) is 15.4. The van der Waals surface area contributed by atoms with Crippen LogP contribution in [0.15, 0.2) is 24.3 Å². The van der Waals surface area contributed by atoms with Gasteiger partial charge in [-0.3, -0.25) is 14.9 Å². The average Bonchev–Trinajstić information content (AvgIpc) is 2.66. The van der Waals surface area contributed by atoms with Gasteiger partial charge in [-0.1, -0.05) is 0 Å². The highest BCUT2D eigenvalue weighted by Gasteiger charge is 2.27. The first-order valence-corrected chi connectivity index (χ1v) is 9.11. The molecule has 2 N–H and O–H groups in total. The summed E-state index contributed by atoms with van der Waals surface area (Å²) in [6.07, 6.45) is 2.84. The van der Waals surface area contributed by atoms with Gasteiger partial charge in [0.05, 0.1) is 0 Å². The topological polar surface area (TPSA) is 79.9 Å². The number of methoxy groups -OCH3 is 2. The number of imide groups is 1. The maximum Gasteiger partial charge on any atom is 0.249 e. The van der Waals surface area contributed by atoms with Crippen molar-refractivity contribution >= 4 is 23.2 Å². The van der Waals surface area contributed by atoms with Crippen LogP contribution in [0.4, 0.5) is 11.4 Å². The maximum atomic E-state index is 11.8. The number of hydrogen-bond donors (Lipinski definition) is 2. The van der Waals surface area contributed by atoms with Crippen LogP contribution < -0.4 is 15.5 Å². The number of amides is 2. The molecular weight excluding hydrogens is 334 g/mol. The molecule has 1 atom stereocenters. The van der Waals surface area contributed by atoms with Crippen molar-refractivity contribution in [3.8, 4) is 0 Å². The van der Waals surface area contributed by atoms with Crippen molar-refractivity contribution in [1.29, 1.82) is 0 Å². The fraction of sp³-hybridized carbons (Fsp3) is 0.579. The molecule has 7 heteroatoms. The number of carbonyl (C=O) groups excluding carboxylic acids is 2. The van der Waals surface area contributed by atoms with Gasteiger partial charge in [-0.05, 0) is 43.5 Å². The third-order valence-corrected chi connectivity index (χ3v) is 5.20. The fourth-order valence-electron chi connectivity index (χ4n) is 3.71. The molecule has 3 rings (SSSR count). The summed E-state index contributed by atoms with van der Waals surface area (Å²) in [5, 5.41) is 5.57. The second kappa shape index (κ2) is 8.51. The van der Waals surface area contributed by atoms with Crippen LogP contribution in [0, 0.1) is 5.92 Å². The van der Waals surface area contributed by atoms with Crippen LogP contribution in [0.5, 0.6) is 0 Å². The molecule has 26 heavy (non-hydrogen) atoms. The summed E-state index contributed by atoms with van der Waals surface area (Å²) in [5.41, 5.74) is 2.06. The lowest BCUT2D eigenvalue weighted by atomic mass is 9.95. The average molecular weight is 361 g/mol. The van der Waals surface area contributed by atoms with E-state index in [-0.39, 0.29) is 24.1 Å². The van der Waals surface area contributed by atoms with Crippen molar-refractivity contribution in [2.75, 3.05) is 37.5 Å². The van der Waals surface area contributed by atoms with Crippen LogP contribution in [0.1, 0.15) is 25.7 Å². The molecule has 0 bridgehead atoms. The monoisotopic (exact) mass is 361 g/mol. The van der Waals surface area contributed by atoms with Gasteiger partial charge in [-0.15, -0.1) is 0 Å². The SMILES string of the molecule is COC(OC)C1CCN(c2ccc(NC3CCC(=O)NC3=O)cc2)CC1. The Morgan fingerprint density at radius 3 is 2.31 bits per heavy atom. The van der Waals surface area contributed by atoms with Gasteiger partial charge in [0.25, 0.3) is 0 Å². The molecule has 2 aliphatic heterocycles. The number of ether oxygens (including phenoxy) is 2. The molecule has 0 spiro atoms. The van der Waals surface area contributed by atoms with Crippen LogP contribution in [-0.2, 0) is 19.1 Å². The molecule has 0 radical (unpaired) electrons. The molecule has 1 aromatic carbocycles. The van der Waals surface area contributed by atoms with Crippen molar-refractivity contribution in [2.24, 2.45) is 5.92 Å². The van der Waals surface area contributed by atoms with Gasteiger partial charge in [-0.2, -0.15) is 0 Å². The van der Waals surface area contributed by atoms with Crippen molar-refractivity contribution in [3.63, 3.8) is 0 Å². The number of anilines is 2. The molecule has 0 saturated carbocycles. The van der Waals surface area contributed by atoms with Crippen molar-refractivity contribution in [2.45, 2.75) is 38.0 Å². The summed E-state index contributed by atoms with van der Waals surface area (Å²) in [4.78, 5) is 25.4. The third-order valence-electron chi connectivity index (χ3n) is 5.20. The van der Waals surface area contributed by atoms with Gasteiger partial charge in [0, 0.05) is 51.0 Å². The second-order valence-corrected chi connectivity index (χ2v) is 6.86. The van der Waals surface area contributed by atoms with Crippen LogP contribution in [0.2, 0.25) is 0 Å². The number of nitrogens with one attached hydrogen (secondary N) is 2. The van der Waals surface area contributed by atoms with Crippen molar-refractivity contribution in [1.82, 2.24) is 5.32 Å². The van der Waals surface area contributed by atoms with Gasteiger partial charge in [-0.25, -0.2) is 0 Å². The quantitative estimate of drug-likeness (QED) is 0.593. The summed E-state index contributed by atoms with van der Waals surface area (Å²) in [7, 11) is 3.38. The number of carbonyl (C=O) groups is 2. The first kappa shape index (κ1) is 18.7. The molecule has 1 unspecified atom stereocenters.